The number of hydrogen-bond donors (Lipinski definition) is 0. The summed E-state index contributed by atoms with van der Waals surface area (Å²) in [6.07, 6.45) is -0.665. The molecular weight excluding hydrogens is 364 g/mol. The van der Waals surface area contributed by atoms with Crippen LogP contribution in [-0.4, -0.2) is 12.1 Å². The Morgan fingerprint density at radius 3 is 2.21 bits per heavy atom. The molecule has 0 aromatic heterocycles. The monoisotopic (exact) mass is 390 g/mol. The molecule has 4 heteroatoms. The third-order valence-corrected chi connectivity index (χ3v) is 4.38. The van der Waals surface area contributed by atoms with Gasteiger partial charge >= 0.3 is 5.97 Å². The normalized spacial score (nSPS) is 11.7. The van der Waals surface area contributed by atoms with Crippen LogP contribution in [0.5, 0.6) is 17.2 Å². The second-order valence-electron chi connectivity index (χ2n) is 7.27. The summed E-state index contributed by atoms with van der Waals surface area (Å²) in [5, 5.41) is 0. The molecule has 0 aliphatic rings. The van der Waals surface area contributed by atoms with E-state index in [1.165, 1.54) is 0 Å². The van der Waals surface area contributed by atoms with Crippen molar-refractivity contribution < 1.29 is 19.0 Å². The van der Waals surface area contributed by atoms with Crippen LogP contribution in [0.1, 0.15) is 25.0 Å². The van der Waals surface area contributed by atoms with E-state index < -0.39 is 6.10 Å². The van der Waals surface area contributed by atoms with E-state index in [1.54, 1.807) is 0 Å². The number of carbonyl (C=O) groups is 1. The maximum absolute atomic E-state index is 12.6. The first kappa shape index (κ1) is 20.5. The van der Waals surface area contributed by atoms with Gasteiger partial charge in [-0.25, -0.2) is 4.79 Å². The number of benzene rings is 3. The Balaban J connectivity index is 1.60. The lowest BCUT2D eigenvalue weighted by Gasteiger charge is -2.21. The first-order chi connectivity index (χ1) is 14.0. The van der Waals surface area contributed by atoms with Gasteiger partial charge in [-0.2, -0.15) is 0 Å². The molecule has 0 heterocycles. The third kappa shape index (κ3) is 6.11. The summed E-state index contributed by atoms with van der Waals surface area (Å²) in [6.45, 7) is 6.04. The van der Waals surface area contributed by atoms with Gasteiger partial charge in [0.05, 0.1) is 0 Å². The molecule has 0 bridgehead atoms. The highest BCUT2D eigenvalue weighted by Gasteiger charge is 2.26. The van der Waals surface area contributed by atoms with Gasteiger partial charge < -0.3 is 14.2 Å². The van der Waals surface area contributed by atoms with Gasteiger partial charge in [0.1, 0.15) is 23.9 Å². The number of aryl methyl sites for hydroxylation is 1. The minimum atomic E-state index is -0.665. The van der Waals surface area contributed by atoms with Crippen molar-refractivity contribution in [1.29, 1.82) is 0 Å². The molecular formula is C25H26O4. The lowest BCUT2D eigenvalue weighted by molar-refractivity contribution is -0.155. The lowest BCUT2D eigenvalue weighted by atomic mass is 10.1. The van der Waals surface area contributed by atoms with Crippen molar-refractivity contribution in [3.8, 4) is 17.2 Å². The Hall–Kier alpha value is -3.27. The van der Waals surface area contributed by atoms with Crippen molar-refractivity contribution in [3.05, 3.63) is 90.0 Å². The van der Waals surface area contributed by atoms with E-state index in [0.717, 1.165) is 16.9 Å². The molecule has 3 aromatic carbocycles. The molecule has 0 amide bonds. The number of para-hydroxylation sites is 1. The van der Waals surface area contributed by atoms with Crippen LogP contribution in [0.3, 0.4) is 0 Å². The first-order valence-corrected chi connectivity index (χ1v) is 9.73. The van der Waals surface area contributed by atoms with Crippen LogP contribution in [0.15, 0.2) is 78.9 Å². The van der Waals surface area contributed by atoms with Crippen molar-refractivity contribution in [2.24, 2.45) is 5.92 Å². The van der Waals surface area contributed by atoms with Gasteiger partial charge in [-0.1, -0.05) is 61.9 Å². The fourth-order valence-electron chi connectivity index (χ4n) is 2.78. The summed E-state index contributed by atoms with van der Waals surface area (Å²) in [4.78, 5) is 12.6. The van der Waals surface area contributed by atoms with E-state index in [4.69, 9.17) is 14.2 Å². The SMILES string of the molecule is Cc1ccc(OC(C(=O)OCc2cccc(Oc3ccccc3)c2)C(C)C)cc1. The van der Waals surface area contributed by atoms with Crippen LogP contribution in [0.4, 0.5) is 0 Å². The smallest absolute Gasteiger partial charge is 0.347 e. The summed E-state index contributed by atoms with van der Waals surface area (Å²) in [5.74, 6) is 1.71. The molecule has 4 nitrogen and oxygen atoms in total. The predicted octanol–water partition coefficient (Wildman–Crippen LogP) is 5.93. The zero-order valence-electron chi connectivity index (χ0n) is 17.0. The molecule has 3 rings (SSSR count). The maximum atomic E-state index is 12.6. The van der Waals surface area contributed by atoms with Crippen LogP contribution in [0.25, 0.3) is 0 Å². The summed E-state index contributed by atoms with van der Waals surface area (Å²) >= 11 is 0. The molecule has 0 saturated heterocycles. The Morgan fingerprint density at radius 2 is 1.52 bits per heavy atom. The molecule has 0 spiro atoms. The second-order valence-corrected chi connectivity index (χ2v) is 7.27. The quantitative estimate of drug-likeness (QED) is 0.447. The standard InChI is InChI=1S/C25H26O4/c1-18(2)24(29-22-14-12-19(3)13-15-22)25(26)27-17-20-8-7-11-23(16-20)28-21-9-5-4-6-10-21/h4-16,18,24H,17H2,1-3H3. The van der Waals surface area contributed by atoms with Crippen molar-refractivity contribution in [1.82, 2.24) is 0 Å². The van der Waals surface area contributed by atoms with Gasteiger partial charge in [-0.05, 0) is 48.9 Å². The zero-order chi connectivity index (χ0) is 20.6. The van der Waals surface area contributed by atoms with Gasteiger partial charge in [-0.3, -0.25) is 0 Å². The Kier molecular flexibility index (Phi) is 6.90. The Morgan fingerprint density at radius 1 is 0.828 bits per heavy atom. The van der Waals surface area contributed by atoms with Gasteiger partial charge in [0.2, 0.25) is 0 Å². The molecule has 0 N–H and O–H groups in total. The molecule has 3 aromatic rings. The molecule has 0 aliphatic heterocycles. The molecule has 0 aliphatic carbocycles. The average Bonchev–Trinajstić information content (AvgIpc) is 2.72. The van der Waals surface area contributed by atoms with E-state index in [9.17, 15) is 4.79 Å². The molecule has 0 fully saturated rings. The highest BCUT2D eigenvalue weighted by atomic mass is 16.6. The van der Waals surface area contributed by atoms with Crippen molar-refractivity contribution in [2.45, 2.75) is 33.5 Å². The number of ether oxygens (including phenoxy) is 3. The summed E-state index contributed by atoms with van der Waals surface area (Å²) in [7, 11) is 0. The average molecular weight is 390 g/mol. The van der Waals surface area contributed by atoms with Crippen LogP contribution in [-0.2, 0) is 16.1 Å². The van der Waals surface area contributed by atoms with Crippen LogP contribution >= 0.6 is 0 Å². The largest absolute Gasteiger partial charge is 0.478 e. The van der Waals surface area contributed by atoms with Crippen LogP contribution in [0.2, 0.25) is 0 Å². The van der Waals surface area contributed by atoms with Crippen molar-refractivity contribution in [2.75, 3.05) is 0 Å². The highest BCUT2D eigenvalue weighted by molar-refractivity contribution is 5.75. The van der Waals surface area contributed by atoms with E-state index in [0.29, 0.717) is 11.5 Å². The van der Waals surface area contributed by atoms with E-state index in [2.05, 4.69) is 0 Å². The molecule has 0 saturated carbocycles. The van der Waals surface area contributed by atoms with Gasteiger partial charge in [0, 0.05) is 5.92 Å². The number of carbonyl (C=O) groups excluding carboxylic acids is 1. The number of rotatable bonds is 8. The lowest BCUT2D eigenvalue weighted by Crippen LogP contribution is -2.34. The van der Waals surface area contributed by atoms with Crippen LogP contribution < -0.4 is 9.47 Å². The van der Waals surface area contributed by atoms with E-state index in [-0.39, 0.29) is 18.5 Å². The molecule has 1 atom stereocenters. The fourth-order valence-corrected chi connectivity index (χ4v) is 2.78. The number of esters is 1. The Labute approximate surface area is 172 Å². The molecule has 0 radical (unpaired) electrons. The highest BCUT2D eigenvalue weighted by Crippen LogP contribution is 2.23. The van der Waals surface area contributed by atoms with Crippen LogP contribution in [0, 0.1) is 12.8 Å². The van der Waals surface area contributed by atoms with Crippen molar-refractivity contribution in [3.63, 3.8) is 0 Å². The number of hydrogen-bond acceptors (Lipinski definition) is 4. The zero-order valence-corrected chi connectivity index (χ0v) is 17.0. The van der Waals surface area contributed by atoms with E-state index in [1.807, 2.05) is 99.6 Å². The maximum Gasteiger partial charge on any atom is 0.347 e. The first-order valence-electron chi connectivity index (χ1n) is 9.73. The molecule has 1 unspecified atom stereocenters. The minimum Gasteiger partial charge on any atom is -0.478 e. The fraction of sp³-hybridized carbons (Fsp3) is 0.240. The minimum absolute atomic E-state index is 0.0171. The summed E-state index contributed by atoms with van der Waals surface area (Å²) in [5.41, 5.74) is 1.99. The molecule has 150 valence electrons. The van der Waals surface area contributed by atoms with Crippen molar-refractivity contribution >= 4 is 5.97 Å². The van der Waals surface area contributed by atoms with Gasteiger partial charge in [0.15, 0.2) is 6.10 Å². The predicted molar refractivity (Wildman–Crippen MR) is 113 cm³/mol. The summed E-state index contributed by atoms with van der Waals surface area (Å²) in [6, 6.07) is 24.7. The second kappa shape index (κ2) is 9.78. The molecule has 29 heavy (non-hydrogen) atoms. The Bertz CT molecular complexity index is 917. The van der Waals surface area contributed by atoms with Gasteiger partial charge in [-0.15, -0.1) is 0 Å². The summed E-state index contributed by atoms with van der Waals surface area (Å²) < 4.78 is 17.3. The third-order valence-electron chi connectivity index (χ3n) is 4.38. The van der Waals surface area contributed by atoms with Gasteiger partial charge in [0.25, 0.3) is 0 Å². The topological polar surface area (TPSA) is 44.8 Å². The van der Waals surface area contributed by atoms with E-state index >= 15 is 0 Å².